The van der Waals surface area contributed by atoms with Crippen molar-refractivity contribution < 1.29 is 14.5 Å². The van der Waals surface area contributed by atoms with E-state index in [1.807, 2.05) is 6.07 Å². The van der Waals surface area contributed by atoms with Gasteiger partial charge in [0.1, 0.15) is 17.4 Å². The summed E-state index contributed by atoms with van der Waals surface area (Å²) < 4.78 is 5.26. The quantitative estimate of drug-likeness (QED) is 0.675. The minimum atomic E-state index is -0.683. The van der Waals surface area contributed by atoms with E-state index in [-0.39, 0.29) is 22.9 Å². The Morgan fingerprint density at radius 1 is 1.41 bits per heavy atom. The first kappa shape index (κ1) is 15.3. The van der Waals surface area contributed by atoms with E-state index in [0.717, 1.165) is 0 Å². The molecule has 0 radical (unpaired) electrons. The van der Waals surface area contributed by atoms with Gasteiger partial charge in [0, 0.05) is 17.7 Å². The molecule has 0 bridgehead atoms. The highest BCUT2D eigenvalue weighted by Crippen LogP contribution is 2.39. The number of hydrogen-bond donors (Lipinski definition) is 1. The van der Waals surface area contributed by atoms with Gasteiger partial charge in [-0.15, -0.1) is 0 Å². The van der Waals surface area contributed by atoms with Crippen molar-refractivity contribution in [2.24, 2.45) is 5.73 Å². The van der Waals surface area contributed by atoms with Gasteiger partial charge in [-0.2, -0.15) is 5.26 Å². The summed E-state index contributed by atoms with van der Waals surface area (Å²) in [6.07, 6.45) is 0. The number of rotatable bonds is 3. The van der Waals surface area contributed by atoms with Crippen LogP contribution in [0.25, 0.3) is 0 Å². The molecule has 0 fully saturated rings. The van der Waals surface area contributed by atoms with E-state index in [9.17, 15) is 20.2 Å². The van der Waals surface area contributed by atoms with E-state index in [1.165, 1.54) is 31.2 Å². The largest absolute Gasteiger partial charge is 0.445 e. The number of allylic oxidation sites excluding steroid dienone is 3. The summed E-state index contributed by atoms with van der Waals surface area (Å²) in [7, 11) is 0. The number of Topliss-reactive ketones (excluding diaryl/α,β-unsaturated/α-hetero) is 1. The Morgan fingerprint density at radius 3 is 2.45 bits per heavy atom. The molecule has 1 unspecified atom stereocenters. The Labute approximate surface area is 126 Å². The Morgan fingerprint density at radius 2 is 2.00 bits per heavy atom. The summed E-state index contributed by atoms with van der Waals surface area (Å²) in [6.45, 7) is 2.97. The van der Waals surface area contributed by atoms with Gasteiger partial charge >= 0.3 is 0 Å². The second-order valence-corrected chi connectivity index (χ2v) is 4.80. The maximum Gasteiger partial charge on any atom is 0.269 e. The third kappa shape index (κ3) is 2.54. The van der Waals surface area contributed by atoms with Crippen LogP contribution in [0.5, 0.6) is 0 Å². The Hall–Kier alpha value is -3.14. The molecular weight excluding hydrogens is 286 g/mol. The van der Waals surface area contributed by atoms with Gasteiger partial charge in [0.15, 0.2) is 5.78 Å². The van der Waals surface area contributed by atoms with Gasteiger partial charge in [-0.3, -0.25) is 14.9 Å². The predicted octanol–water partition coefficient (Wildman–Crippen LogP) is 2.27. The molecule has 1 atom stereocenters. The van der Waals surface area contributed by atoms with Gasteiger partial charge in [-0.25, -0.2) is 0 Å². The van der Waals surface area contributed by atoms with Crippen LogP contribution in [0.2, 0.25) is 0 Å². The molecule has 112 valence electrons. The molecular formula is C15H13N3O4. The van der Waals surface area contributed by atoms with Crippen molar-refractivity contribution in [2.45, 2.75) is 19.8 Å². The van der Waals surface area contributed by atoms with Crippen LogP contribution in [-0.4, -0.2) is 10.7 Å². The third-order valence-corrected chi connectivity index (χ3v) is 3.42. The van der Waals surface area contributed by atoms with Crippen LogP contribution in [-0.2, 0) is 9.53 Å². The lowest BCUT2D eigenvalue weighted by Crippen LogP contribution is -2.23. The molecule has 1 aliphatic heterocycles. The van der Waals surface area contributed by atoms with Crippen LogP contribution < -0.4 is 5.73 Å². The predicted molar refractivity (Wildman–Crippen MR) is 77.1 cm³/mol. The van der Waals surface area contributed by atoms with Crippen molar-refractivity contribution in [3.63, 3.8) is 0 Å². The van der Waals surface area contributed by atoms with E-state index in [1.54, 1.807) is 6.92 Å². The lowest BCUT2D eigenvalue weighted by Gasteiger charge is -2.26. The molecule has 1 heterocycles. The molecule has 2 rings (SSSR count). The van der Waals surface area contributed by atoms with Crippen LogP contribution in [0.1, 0.15) is 25.3 Å². The number of carbonyl (C=O) groups is 1. The van der Waals surface area contributed by atoms with Gasteiger partial charge in [0.05, 0.1) is 10.8 Å². The minimum Gasteiger partial charge on any atom is -0.445 e. The highest BCUT2D eigenvalue weighted by atomic mass is 16.6. The normalized spacial score (nSPS) is 17.8. The van der Waals surface area contributed by atoms with Crippen molar-refractivity contribution in [1.82, 2.24) is 0 Å². The standard InChI is InChI=1S/C15H13N3O4/c1-8(19)13-9(2)22-15(17)12(7-16)14(13)10-3-5-11(6-4-10)18(20)21/h3-6,14H,17H2,1-2H3. The molecule has 0 amide bonds. The second kappa shape index (κ2) is 5.69. The van der Waals surface area contributed by atoms with Gasteiger partial charge in [0.2, 0.25) is 5.88 Å². The first-order chi connectivity index (χ1) is 10.4. The number of nitrogens with two attached hydrogens (primary N) is 1. The molecule has 2 N–H and O–H groups in total. The van der Waals surface area contributed by atoms with Crippen LogP contribution >= 0.6 is 0 Å². The van der Waals surface area contributed by atoms with E-state index in [0.29, 0.717) is 16.9 Å². The van der Waals surface area contributed by atoms with Crippen LogP contribution in [0, 0.1) is 21.4 Å². The molecule has 0 spiro atoms. The topological polar surface area (TPSA) is 119 Å². The number of carbonyl (C=O) groups excluding carboxylic acids is 1. The summed E-state index contributed by atoms with van der Waals surface area (Å²) in [5.41, 5.74) is 6.66. The minimum absolute atomic E-state index is 0.0617. The summed E-state index contributed by atoms with van der Waals surface area (Å²) in [6, 6.07) is 7.62. The molecule has 0 aromatic heterocycles. The highest BCUT2D eigenvalue weighted by molar-refractivity contribution is 5.96. The zero-order valence-corrected chi connectivity index (χ0v) is 12.0. The number of nitro groups is 1. The summed E-state index contributed by atoms with van der Waals surface area (Å²) >= 11 is 0. The molecule has 1 aromatic carbocycles. The summed E-state index contributed by atoms with van der Waals surface area (Å²) in [4.78, 5) is 22.1. The Bertz CT molecular complexity index is 754. The third-order valence-electron chi connectivity index (χ3n) is 3.42. The number of nitro benzene ring substituents is 1. The fraction of sp³-hybridized carbons (Fsp3) is 0.200. The number of ketones is 1. The lowest BCUT2D eigenvalue weighted by atomic mass is 9.81. The fourth-order valence-corrected chi connectivity index (χ4v) is 2.46. The van der Waals surface area contributed by atoms with Crippen molar-refractivity contribution in [2.75, 3.05) is 0 Å². The Balaban J connectivity index is 2.60. The van der Waals surface area contributed by atoms with Crippen LogP contribution in [0.15, 0.2) is 47.1 Å². The molecule has 0 saturated heterocycles. The second-order valence-electron chi connectivity index (χ2n) is 4.80. The average molecular weight is 299 g/mol. The molecule has 1 aromatic rings. The Kier molecular flexibility index (Phi) is 3.95. The van der Waals surface area contributed by atoms with E-state index in [4.69, 9.17) is 10.5 Å². The molecule has 7 heteroatoms. The van der Waals surface area contributed by atoms with Crippen molar-refractivity contribution in [3.8, 4) is 6.07 Å². The number of nitriles is 1. The van der Waals surface area contributed by atoms with Gasteiger partial charge in [0.25, 0.3) is 5.69 Å². The number of ether oxygens (including phenoxy) is 1. The van der Waals surface area contributed by atoms with Gasteiger partial charge in [-0.1, -0.05) is 12.1 Å². The first-order valence-corrected chi connectivity index (χ1v) is 6.40. The van der Waals surface area contributed by atoms with Crippen molar-refractivity contribution >= 4 is 11.5 Å². The van der Waals surface area contributed by atoms with E-state index >= 15 is 0 Å². The molecule has 22 heavy (non-hydrogen) atoms. The fourth-order valence-electron chi connectivity index (χ4n) is 2.46. The first-order valence-electron chi connectivity index (χ1n) is 6.40. The maximum atomic E-state index is 11.9. The van der Waals surface area contributed by atoms with Crippen molar-refractivity contribution in [3.05, 3.63) is 62.7 Å². The summed E-state index contributed by atoms with van der Waals surface area (Å²) in [5, 5.41) is 20.0. The number of nitrogens with zero attached hydrogens (tertiary/aromatic N) is 2. The van der Waals surface area contributed by atoms with Crippen molar-refractivity contribution in [1.29, 1.82) is 5.26 Å². The molecule has 0 saturated carbocycles. The van der Waals surface area contributed by atoms with E-state index < -0.39 is 10.8 Å². The lowest BCUT2D eigenvalue weighted by molar-refractivity contribution is -0.384. The average Bonchev–Trinajstić information content (AvgIpc) is 2.46. The summed E-state index contributed by atoms with van der Waals surface area (Å²) in [5.74, 6) is -0.668. The maximum absolute atomic E-state index is 11.9. The van der Waals surface area contributed by atoms with Gasteiger partial charge in [-0.05, 0) is 19.4 Å². The molecule has 0 aliphatic carbocycles. The monoisotopic (exact) mass is 299 g/mol. The number of non-ortho nitro benzene ring substituents is 1. The SMILES string of the molecule is CC(=O)C1=C(C)OC(N)=C(C#N)C1c1ccc([N+](=O)[O-])cc1. The van der Waals surface area contributed by atoms with E-state index in [2.05, 4.69) is 0 Å². The van der Waals surface area contributed by atoms with Gasteiger partial charge < -0.3 is 10.5 Å². The zero-order valence-electron chi connectivity index (χ0n) is 12.0. The van der Waals surface area contributed by atoms with Crippen LogP contribution in [0.3, 0.4) is 0 Å². The molecule has 7 nitrogen and oxygen atoms in total. The van der Waals surface area contributed by atoms with Crippen LogP contribution in [0.4, 0.5) is 5.69 Å². The smallest absolute Gasteiger partial charge is 0.269 e. The molecule has 1 aliphatic rings. The zero-order chi connectivity index (χ0) is 16.4. The number of hydrogen-bond acceptors (Lipinski definition) is 6. The number of benzene rings is 1. The highest BCUT2D eigenvalue weighted by Gasteiger charge is 2.33.